The Morgan fingerprint density at radius 2 is 1.30 bits per heavy atom. The second kappa shape index (κ2) is 10.6. The minimum absolute atomic E-state index is 0.0550. The van der Waals surface area contributed by atoms with Gasteiger partial charge in [0.15, 0.2) is 0 Å². The van der Waals surface area contributed by atoms with Crippen molar-refractivity contribution in [2.24, 2.45) is 17.6 Å². The molecule has 0 rings (SSSR count). The molecule has 0 bridgehead atoms. The Kier molecular flexibility index (Phi) is 10.5. The first-order valence-corrected chi connectivity index (χ1v) is 7.84. The quantitative estimate of drug-likeness (QED) is 0.599. The molecule has 0 saturated heterocycles. The summed E-state index contributed by atoms with van der Waals surface area (Å²) in [7, 11) is 3.51. The van der Waals surface area contributed by atoms with Gasteiger partial charge in [0.2, 0.25) is 0 Å². The average molecular weight is 288 g/mol. The summed E-state index contributed by atoms with van der Waals surface area (Å²) >= 11 is 0. The zero-order valence-corrected chi connectivity index (χ0v) is 14.4. The van der Waals surface area contributed by atoms with Gasteiger partial charge in [0, 0.05) is 39.4 Å². The number of methoxy groups -OCH3 is 2. The predicted octanol–water partition coefficient (Wildman–Crippen LogP) is 2.37. The molecular formula is C16H36N2O2. The molecule has 0 heterocycles. The predicted molar refractivity (Wildman–Crippen MR) is 86.0 cm³/mol. The summed E-state index contributed by atoms with van der Waals surface area (Å²) < 4.78 is 10.6. The van der Waals surface area contributed by atoms with Crippen LogP contribution in [0, 0.1) is 11.8 Å². The Morgan fingerprint density at radius 3 is 1.55 bits per heavy atom. The molecule has 122 valence electrons. The van der Waals surface area contributed by atoms with E-state index in [9.17, 15) is 0 Å². The van der Waals surface area contributed by atoms with Gasteiger partial charge in [0.25, 0.3) is 0 Å². The summed E-state index contributed by atoms with van der Waals surface area (Å²) in [6, 6.07) is 0. The number of hydrogen-bond donors (Lipinski definition) is 1. The van der Waals surface area contributed by atoms with Gasteiger partial charge in [-0.1, -0.05) is 27.7 Å². The Hall–Kier alpha value is -0.160. The molecule has 0 atom stereocenters. The van der Waals surface area contributed by atoms with Crippen molar-refractivity contribution in [2.45, 2.75) is 46.1 Å². The molecule has 0 aromatic carbocycles. The van der Waals surface area contributed by atoms with Crippen LogP contribution in [0.1, 0.15) is 40.5 Å². The minimum Gasteiger partial charge on any atom is -0.383 e. The van der Waals surface area contributed by atoms with Crippen LogP contribution in [0.3, 0.4) is 0 Å². The molecular weight excluding hydrogens is 252 g/mol. The molecule has 0 aliphatic rings. The van der Waals surface area contributed by atoms with Crippen LogP contribution in [-0.4, -0.2) is 57.5 Å². The van der Waals surface area contributed by atoms with Crippen LogP contribution in [0.5, 0.6) is 0 Å². The van der Waals surface area contributed by atoms with E-state index in [1.54, 1.807) is 14.2 Å². The Morgan fingerprint density at radius 1 is 0.900 bits per heavy atom. The molecule has 0 unspecified atom stereocenters. The first kappa shape index (κ1) is 19.8. The van der Waals surface area contributed by atoms with E-state index in [0.717, 1.165) is 39.1 Å². The summed E-state index contributed by atoms with van der Waals surface area (Å²) in [5, 5.41) is 0. The van der Waals surface area contributed by atoms with Crippen molar-refractivity contribution in [3.63, 3.8) is 0 Å². The highest BCUT2D eigenvalue weighted by Gasteiger charge is 2.36. The van der Waals surface area contributed by atoms with Crippen molar-refractivity contribution >= 4 is 0 Å². The Bertz CT molecular complexity index is 215. The van der Waals surface area contributed by atoms with Gasteiger partial charge in [-0.2, -0.15) is 0 Å². The minimum atomic E-state index is 0.0550. The SMILES string of the molecule is COCCN(CCOC)C(CN)(CC(C)C)CC(C)C. The molecule has 0 radical (unpaired) electrons. The van der Waals surface area contributed by atoms with Crippen LogP contribution in [-0.2, 0) is 9.47 Å². The third-order valence-corrected chi connectivity index (χ3v) is 3.76. The maximum absolute atomic E-state index is 6.23. The van der Waals surface area contributed by atoms with Gasteiger partial charge in [0.1, 0.15) is 0 Å². The van der Waals surface area contributed by atoms with E-state index in [2.05, 4.69) is 32.6 Å². The second-order valence-electron chi connectivity index (χ2n) is 6.60. The molecule has 0 aliphatic heterocycles. The van der Waals surface area contributed by atoms with E-state index >= 15 is 0 Å². The van der Waals surface area contributed by atoms with Crippen molar-refractivity contribution in [3.05, 3.63) is 0 Å². The molecule has 2 N–H and O–H groups in total. The molecule has 0 saturated carbocycles. The standard InChI is InChI=1S/C16H36N2O2/c1-14(2)11-16(13-17,12-15(3)4)18(7-9-19-5)8-10-20-6/h14-15H,7-13,17H2,1-6H3. The van der Waals surface area contributed by atoms with E-state index in [-0.39, 0.29) is 5.54 Å². The lowest BCUT2D eigenvalue weighted by molar-refractivity contribution is 0.0129. The highest BCUT2D eigenvalue weighted by atomic mass is 16.5. The topological polar surface area (TPSA) is 47.7 Å². The summed E-state index contributed by atoms with van der Waals surface area (Å²) in [6.07, 6.45) is 2.24. The highest BCUT2D eigenvalue weighted by Crippen LogP contribution is 2.30. The number of rotatable bonds is 12. The number of ether oxygens (including phenoxy) is 2. The van der Waals surface area contributed by atoms with Gasteiger partial charge >= 0.3 is 0 Å². The second-order valence-corrected chi connectivity index (χ2v) is 6.60. The van der Waals surface area contributed by atoms with Gasteiger partial charge in [0.05, 0.1) is 13.2 Å². The summed E-state index contributed by atoms with van der Waals surface area (Å²) in [5.74, 6) is 1.26. The lowest BCUT2D eigenvalue weighted by Crippen LogP contribution is -2.57. The average Bonchev–Trinajstić information content (AvgIpc) is 2.36. The van der Waals surface area contributed by atoms with Crippen molar-refractivity contribution < 1.29 is 9.47 Å². The van der Waals surface area contributed by atoms with Crippen LogP contribution in [0.25, 0.3) is 0 Å². The van der Waals surface area contributed by atoms with E-state index < -0.39 is 0 Å². The zero-order chi connectivity index (χ0) is 15.6. The largest absolute Gasteiger partial charge is 0.383 e. The third kappa shape index (κ3) is 7.02. The molecule has 0 aliphatic carbocycles. The van der Waals surface area contributed by atoms with Crippen LogP contribution in [0.4, 0.5) is 0 Å². The summed E-state index contributed by atoms with van der Waals surface area (Å²) in [4.78, 5) is 2.49. The third-order valence-electron chi connectivity index (χ3n) is 3.76. The summed E-state index contributed by atoms with van der Waals surface area (Å²) in [5.41, 5.74) is 6.28. The van der Waals surface area contributed by atoms with Crippen LogP contribution in [0.15, 0.2) is 0 Å². The van der Waals surface area contributed by atoms with Crippen molar-refractivity contribution in [2.75, 3.05) is 47.1 Å². The summed E-state index contributed by atoms with van der Waals surface area (Å²) in [6.45, 7) is 13.1. The van der Waals surface area contributed by atoms with E-state index in [1.165, 1.54) is 0 Å². The van der Waals surface area contributed by atoms with Crippen molar-refractivity contribution in [1.29, 1.82) is 0 Å². The molecule has 0 fully saturated rings. The van der Waals surface area contributed by atoms with Gasteiger partial charge < -0.3 is 15.2 Å². The molecule has 0 amide bonds. The van der Waals surface area contributed by atoms with Gasteiger partial charge in [-0.05, 0) is 24.7 Å². The highest BCUT2D eigenvalue weighted by molar-refractivity contribution is 4.93. The van der Waals surface area contributed by atoms with E-state index in [0.29, 0.717) is 18.4 Å². The molecule has 0 spiro atoms. The molecule has 0 aromatic rings. The molecule has 4 heteroatoms. The van der Waals surface area contributed by atoms with Gasteiger partial charge in [-0.25, -0.2) is 0 Å². The fourth-order valence-electron chi connectivity index (χ4n) is 3.15. The number of nitrogens with zero attached hydrogens (tertiary/aromatic N) is 1. The van der Waals surface area contributed by atoms with Crippen LogP contribution < -0.4 is 5.73 Å². The lowest BCUT2D eigenvalue weighted by Gasteiger charge is -2.46. The van der Waals surface area contributed by atoms with Gasteiger partial charge in [-0.3, -0.25) is 4.90 Å². The fourth-order valence-corrected chi connectivity index (χ4v) is 3.15. The number of nitrogens with two attached hydrogens (primary N) is 1. The van der Waals surface area contributed by atoms with Gasteiger partial charge in [-0.15, -0.1) is 0 Å². The van der Waals surface area contributed by atoms with Crippen LogP contribution in [0.2, 0.25) is 0 Å². The van der Waals surface area contributed by atoms with E-state index in [1.807, 2.05) is 0 Å². The Labute approximate surface area is 126 Å². The first-order valence-electron chi connectivity index (χ1n) is 7.84. The van der Waals surface area contributed by atoms with Crippen molar-refractivity contribution in [3.8, 4) is 0 Å². The molecule has 0 aromatic heterocycles. The zero-order valence-electron chi connectivity index (χ0n) is 14.4. The van der Waals surface area contributed by atoms with E-state index in [4.69, 9.17) is 15.2 Å². The Balaban J connectivity index is 5.10. The number of hydrogen-bond acceptors (Lipinski definition) is 4. The first-order chi connectivity index (χ1) is 9.41. The van der Waals surface area contributed by atoms with Crippen molar-refractivity contribution in [1.82, 2.24) is 4.90 Å². The maximum Gasteiger partial charge on any atom is 0.0589 e. The van der Waals surface area contributed by atoms with Crippen LogP contribution >= 0.6 is 0 Å². The monoisotopic (exact) mass is 288 g/mol. The smallest absolute Gasteiger partial charge is 0.0589 e. The lowest BCUT2D eigenvalue weighted by atomic mass is 9.80. The normalized spacial score (nSPS) is 12.9. The molecule has 20 heavy (non-hydrogen) atoms. The molecule has 4 nitrogen and oxygen atoms in total. The fraction of sp³-hybridized carbons (Fsp3) is 1.00. The maximum atomic E-state index is 6.23.